The third kappa shape index (κ3) is 3.15. The van der Waals surface area contributed by atoms with Crippen LogP contribution in [0.5, 0.6) is 0 Å². The van der Waals surface area contributed by atoms with E-state index in [1.54, 1.807) is 30.3 Å². The predicted octanol–water partition coefficient (Wildman–Crippen LogP) is 0.645. The quantitative estimate of drug-likeness (QED) is 0.789. The van der Waals surface area contributed by atoms with Crippen LogP contribution in [0.25, 0.3) is 0 Å². The van der Waals surface area contributed by atoms with E-state index in [1.165, 1.54) is 0 Å². The van der Waals surface area contributed by atoms with Gasteiger partial charge in [-0.1, -0.05) is 0 Å². The molecule has 17 heavy (non-hydrogen) atoms. The van der Waals surface area contributed by atoms with Gasteiger partial charge in [-0.15, -0.1) is 0 Å². The minimum atomic E-state index is 0.238. The Bertz CT molecular complexity index is 483. The van der Waals surface area contributed by atoms with Crippen molar-refractivity contribution in [2.24, 2.45) is 0 Å². The van der Waals surface area contributed by atoms with Crippen LogP contribution in [0.1, 0.15) is 0 Å². The largest absolute Gasteiger partial charge is 0.383 e. The topological polar surface area (TPSA) is 90.9 Å². The van der Waals surface area contributed by atoms with E-state index in [0.717, 1.165) is 5.69 Å². The van der Waals surface area contributed by atoms with Crippen molar-refractivity contribution < 1.29 is 4.74 Å². The van der Waals surface area contributed by atoms with Crippen molar-refractivity contribution in [2.45, 2.75) is 6.54 Å². The Labute approximate surface area is 98.6 Å². The summed E-state index contributed by atoms with van der Waals surface area (Å²) in [5.74, 6) is 0.880. The second-order valence-electron chi connectivity index (χ2n) is 3.41. The van der Waals surface area contributed by atoms with Gasteiger partial charge in [-0.25, -0.2) is 4.98 Å². The summed E-state index contributed by atoms with van der Waals surface area (Å²) in [5.41, 5.74) is 6.33. The molecule has 0 atom stereocenters. The second-order valence-corrected chi connectivity index (χ2v) is 3.41. The number of methoxy groups -OCH3 is 1. The number of nitrogens with zero attached hydrogens (tertiary/aromatic N) is 4. The molecule has 3 N–H and O–H groups in total. The van der Waals surface area contributed by atoms with Gasteiger partial charge >= 0.3 is 0 Å². The van der Waals surface area contributed by atoms with Gasteiger partial charge in [0.25, 0.3) is 0 Å². The van der Waals surface area contributed by atoms with Crippen LogP contribution in [-0.4, -0.2) is 33.5 Å². The molecular formula is C10H14N6O. The summed E-state index contributed by atoms with van der Waals surface area (Å²) in [4.78, 5) is 7.85. The molecule has 90 valence electrons. The Hall–Kier alpha value is -2.15. The molecule has 0 radical (unpaired) electrons. The van der Waals surface area contributed by atoms with Gasteiger partial charge in [0.2, 0.25) is 5.95 Å². The van der Waals surface area contributed by atoms with Crippen LogP contribution in [0.3, 0.4) is 0 Å². The fourth-order valence-corrected chi connectivity index (χ4v) is 1.33. The maximum atomic E-state index is 5.48. The number of ether oxygens (including phenoxy) is 1. The van der Waals surface area contributed by atoms with E-state index >= 15 is 0 Å². The van der Waals surface area contributed by atoms with E-state index < -0.39 is 0 Å². The number of hydrogen-bond acceptors (Lipinski definition) is 6. The maximum Gasteiger partial charge on any atom is 0.221 e. The zero-order valence-corrected chi connectivity index (χ0v) is 9.50. The Kier molecular flexibility index (Phi) is 3.51. The first kappa shape index (κ1) is 11.3. The van der Waals surface area contributed by atoms with E-state index in [2.05, 4.69) is 20.4 Å². The molecule has 0 saturated carbocycles. The van der Waals surface area contributed by atoms with Crippen LogP contribution in [0.15, 0.2) is 24.7 Å². The molecule has 0 fully saturated rings. The highest BCUT2D eigenvalue weighted by Gasteiger charge is 2.00. The first-order chi connectivity index (χ1) is 8.28. The van der Waals surface area contributed by atoms with Crippen LogP contribution < -0.4 is 11.1 Å². The summed E-state index contributed by atoms with van der Waals surface area (Å²) in [6.07, 6.45) is 5.19. The van der Waals surface area contributed by atoms with Crippen LogP contribution in [0.4, 0.5) is 17.5 Å². The number of aromatic nitrogens is 4. The molecule has 2 aromatic rings. The van der Waals surface area contributed by atoms with Gasteiger partial charge in [0.1, 0.15) is 5.82 Å². The molecule has 0 aliphatic carbocycles. The van der Waals surface area contributed by atoms with Gasteiger partial charge in [-0.2, -0.15) is 10.1 Å². The number of nitrogens with two attached hydrogens (primary N) is 1. The van der Waals surface area contributed by atoms with Crippen LogP contribution >= 0.6 is 0 Å². The minimum absolute atomic E-state index is 0.238. The van der Waals surface area contributed by atoms with Crippen molar-refractivity contribution in [3.63, 3.8) is 0 Å². The average molecular weight is 234 g/mol. The summed E-state index contributed by atoms with van der Waals surface area (Å²) >= 11 is 0. The second kappa shape index (κ2) is 5.26. The number of hydrogen-bond donors (Lipinski definition) is 2. The molecule has 0 saturated heterocycles. The lowest BCUT2D eigenvalue weighted by atomic mass is 10.5. The lowest BCUT2D eigenvalue weighted by Crippen LogP contribution is -2.04. The Morgan fingerprint density at radius 3 is 3.18 bits per heavy atom. The average Bonchev–Trinajstić information content (AvgIpc) is 2.74. The summed E-state index contributed by atoms with van der Waals surface area (Å²) in [6.45, 7) is 1.34. The Balaban J connectivity index is 2.01. The molecule has 2 rings (SSSR count). The molecule has 7 heteroatoms. The van der Waals surface area contributed by atoms with Gasteiger partial charge in [-0.05, 0) is 6.07 Å². The molecule has 7 nitrogen and oxygen atoms in total. The molecule has 0 unspecified atom stereocenters. The molecule has 0 bridgehead atoms. The lowest BCUT2D eigenvalue weighted by molar-refractivity contribution is 0.183. The molecule has 0 amide bonds. The van der Waals surface area contributed by atoms with E-state index in [4.69, 9.17) is 10.5 Å². The summed E-state index contributed by atoms with van der Waals surface area (Å²) in [7, 11) is 1.66. The van der Waals surface area contributed by atoms with Crippen molar-refractivity contribution >= 4 is 17.5 Å². The van der Waals surface area contributed by atoms with Crippen molar-refractivity contribution in [2.75, 3.05) is 24.8 Å². The smallest absolute Gasteiger partial charge is 0.221 e. The molecule has 0 aliphatic rings. The first-order valence-electron chi connectivity index (χ1n) is 5.15. The fraction of sp³-hybridized carbons (Fsp3) is 0.300. The first-order valence-corrected chi connectivity index (χ1v) is 5.15. The van der Waals surface area contributed by atoms with Crippen LogP contribution in [0, 0.1) is 0 Å². The Morgan fingerprint density at radius 1 is 1.53 bits per heavy atom. The van der Waals surface area contributed by atoms with Crippen molar-refractivity contribution in [3.05, 3.63) is 24.7 Å². The van der Waals surface area contributed by atoms with Gasteiger partial charge in [-0.3, -0.25) is 4.68 Å². The SMILES string of the molecule is COCCn1cc(Nc2ccnc(N)n2)cn1. The highest BCUT2D eigenvalue weighted by atomic mass is 16.5. The predicted molar refractivity (Wildman–Crippen MR) is 63.8 cm³/mol. The Morgan fingerprint density at radius 2 is 2.41 bits per heavy atom. The van der Waals surface area contributed by atoms with E-state index in [-0.39, 0.29) is 5.95 Å². The molecule has 2 heterocycles. The normalized spacial score (nSPS) is 10.4. The highest BCUT2D eigenvalue weighted by Crippen LogP contribution is 2.13. The molecule has 0 aromatic carbocycles. The fourth-order valence-electron chi connectivity index (χ4n) is 1.33. The van der Waals surface area contributed by atoms with Crippen molar-refractivity contribution in [1.82, 2.24) is 19.7 Å². The highest BCUT2D eigenvalue weighted by molar-refractivity contribution is 5.54. The van der Waals surface area contributed by atoms with Gasteiger partial charge in [0.15, 0.2) is 0 Å². The molecular weight excluding hydrogens is 220 g/mol. The summed E-state index contributed by atoms with van der Waals surface area (Å²) in [5, 5.41) is 7.26. The van der Waals surface area contributed by atoms with Gasteiger partial charge in [0.05, 0.1) is 25.0 Å². The van der Waals surface area contributed by atoms with E-state index in [0.29, 0.717) is 19.0 Å². The maximum absolute atomic E-state index is 5.48. The van der Waals surface area contributed by atoms with Crippen LogP contribution in [-0.2, 0) is 11.3 Å². The minimum Gasteiger partial charge on any atom is -0.383 e. The van der Waals surface area contributed by atoms with Crippen molar-refractivity contribution in [3.8, 4) is 0 Å². The zero-order chi connectivity index (χ0) is 12.1. The number of anilines is 3. The third-order valence-electron chi connectivity index (χ3n) is 2.10. The monoisotopic (exact) mass is 234 g/mol. The lowest BCUT2D eigenvalue weighted by Gasteiger charge is -2.02. The number of rotatable bonds is 5. The zero-order valence-electron chi connectivity index (χ0n) is 9.50. The molecule has 0 aliphatic heterocycles. The third-order valence-corrected chi connectivity index (χ3v) is 2.10. The van der Waals surface area contributed by atoms with E-state index in [1.807, 2.05) is 6.20 Å². The van der Waals surface area contributed by atoms with E-state index in [9.17, 15) is 0 Å². The molecule has 0 spiro atoms. The summed E-state index contributed by atoms with van der Waals surface area (Å²) in [6, 6.07) is 1.74. The summed E-state index contributed by atoms with van der Waals surface area (Å²) < 4.78 is 6.76. The number of nitrogen functional groups attached to an aromatic ring is 1. The van der Waals surface area contributed by atoms with Gasteiger partial charge < -0.3 is 15.8 Å². The van der Waals surface area contributed by atoms with Gasteiger partial charge in [0, 0.05) is 19.5 Å². The number of nitrogens with one attached hydrogen (secondary N) is 1. The van der Waals surface area contributed by atoms with Crippen LogP contribution in [0.2, 0.25) is 0 Å². The standard InChI is InChI=1S/C10H14N6O/c1-17-5-4-16-7-8(6-13-16)14-9-2-3-12-10(11)15-9/h2-3,6-7H,4-5H2,1H3,(H3,11,12,14,15). The molecule has 2 aromatic heterocycles. The van der Waals surface area contributed by atoms with Crippen molar-refractivity contribution in [1.29, 1.82) is 0 Å².